The molecule has 0 bridgehead atoms. The molecular weight excluding hydrogens is 282 g/mol. The zero-order valence-corrected chi connectivity index (χ0v) is 11.1. The average Bonchev–Trinajstić information content (AvgIpc) is 2.59. The number of rotatable bonds is 3. The van der Waals surface area contributed by atoms with E-state index in [4.69, 9.17) is 11.6 Å². The molecule has 0 amide bonds. The molecule has 2 aromatic heterocycles. The van der Waals surface area contributed by atoms with Gasteiger partial charge in [-0.3, -0.25) is 9.71 Å². The van der Waals surface area contributed by atoms with Gasteiger partial charge < -0.3 is 0 Å². The number of sulfonamides is 1. The van der Waals surface area contributed by atoms with Crippen molar-refractivity contribution in [2.24, 2.45) is 0 Å². The van der Waals surface area contributed by atoms with E-state index < -0.39 is 10.0 Å². The van der Waals surface area contributed by atoms with E-state index in [2.05, 4.69) is 14.7 Å². The Kier molecular flexibility index (Phi) is 3.32. The van der Waals surface area contributed by atoms with E-state index in [1.807, 2.05) is 0 Å². The zero-order valence-electron chi connectivity index (χ0n) is 8.71. The minimum absolute atomic E-state index is 0.117. The molecule has 0 radical (unpaired) electrons. The molecule has 2 rings (SSSR count). The lowest BCUT2D eigenvalue weighted by atomic mass is 10.4. The first-order valence-corrected chi connectivity index (χ1v) is 7.22. The molecule has 0 saturated carbocycles. The summed E-state index contributed by atoms with van der Waals surface area (Å²) in [5, 5.41) is 0. The van der Waals surface area contributed by atoms with Gasteiger partial charge in [0.25, 0.3) is 10.0 Å². The standard InChI is InChI=1S/C9H8ClN3O2S2/c1-6-8(16-9(10)12-6)17(14,15)13-7-3-2-4-11-5-7/h2-5,13H,1H3. The summed E-state index contributed by atoms with van der Waals surface area (Å²) in [5.74, 6) is 0. The monoisotopic (exact) mass is 289 g/mol. The smallest absolute Gasteiger partial charge is 0.273 e. The summed E-state index contributed by atoms with van der Waals surface area (Å²) in [6.45, 7) is 1.60. The SMILES string of the molecule is Cc1nc(Cl)sc1S(=O)(=O)Nc1cccnc1. The first kappa shape index (κ1) is 12.3. The van der Waals surface area contributed by atoms with Gasteiger partial charge in [0, 0.05) is 6.20 Å². The van der Waals surface area contributed by atoms with E-state index in [-0.39, 0.29) is 8.68 Å². The van der Waals surface area contributed by atoms with Crippen LogP contribution in [0.3, 0.4) is 0 Å². The minimum atomic E-state index is -3.64. The predicted molar refractivity (Wildman–Crippen MR) is 66.9 cm³/mol. The fourth-order valence-electron chi connectivity index (χ4n) is 1.22. The molecule has 90 valence electrons. The molecule has 0 saturated heterocycles. The van der Waals surface area contributed by atoms with E-state index >= 15 is 0 Å². The minimum Gasteiger partial charge on any atom is -0.277 e. The fraction of sp³-hybridized carbons (Fsp3) is 0.111. The van der Waals surface area contributed by atoms with Crippen molar-refractivity contribution in [2.75, 3.05) is 4.72 Å². The molecule has 5 nitrogen and oxygen atoms in total. The van der Waals surface area contributed by atoms with Crippen LogP contribution in [0.4, 0.5) is 5.69 Å². The maximum atomic E-state index is 12.0. The third-order valence-electron chi connectivity index (χ3n) is 1.89. The lowest BCUT2D eigenvalue weighted by Crippen LogP contribution is -2.12. The number of nitrogens with one attached hydrogen (secondary N) is 1. The van der Waals surface area contributed by atoms with Gasteiger partial charge in [-0.15, -0.1) is 0 Å². The number of aryl methyl sites for hydroxylation is 1. The van der Waals surface area contributed by atoms with Crippen molar-refractivity contribution >= 4 is 38.6 Å². The summed E-state index contributed by atoms with van der Waals surface area (Å²) < 4.78 is 26.7. The Hall–Kier alpha value is -1.18. The van der Waals surface area contributed by atoms with E-state index in [0.717, 1.165) is 11.3 Å². The van der Waals surface area contributed by atoms with Gasteiger partial charge in [-0.25, -0.2) is 13.4 Å². The summed E-state index contributed by atoms with van der Waals surface area (Å²) in [7, 11) is -3.64. The van der Waals surface area contributed by atoms with Crippen molar-refractivity contribution in [1.82, 2.24) is 9.97 Å². The first-order chi connectivity index (χ1) is 7.99. The second-order valence-electron chi connectivity index (χ2n) is 3.19. The largest absolute Gasteiger partial charge is 0.277 e. The molecule has 0 aliphatic carbocycles. The fourth-order valence-corrected chi connectivity index (χ4v) is 4.01. The van der Waals surface area contributed by atoms with Gasteiger partial charge in [0.05, 0.1) is 17.6 Å². The van der Waals surface area contributed by atoms with Crippen LogP contribution in [0.1, 0.15) is 5.69 Å². The first-order valence-electron chi connectivity index (χ1n) is 4.55. The molecule has 0 aromatic carbocycles. The summed E-state index contributed by atoms with van der Waals surface area (Å²) in [6, 6.07) is 3.26. The van der Waals surface area contributed by atoms with Crippen LogP contribution < -0.4 is 4.72 Å². The van der Waals surface area contributed by atoms with Gasteiger partial charge in [0.2, 0.25) is 0 Å². The number of hydrogen-bond donors (Lipinski definition) is 1. The van der Waals surface area contributed by atoms with Crippen LogP contribution in [0.15, 0.2) is 28.7 Å². The summed E-state index contributed by atoms with van der Waals surface area (Å²) in [6.07, 6.45) is 2.99. The number of aromatic nitrogens is 2. The Morgan fingerprint density at radius 2 is 2.24 bits per heavy atom. The highest BCUT2D eigenvalue weighted by Crippen LogP contribution is 2.28. The highest BCUT2D eigenvalue weighted by Gasteiger charge is 2.21. The number of pyridine rings is 1. The molecule has 2 aromatic rings. The second kappa shape index (κ2) is 4.59. The van der Waals surface area contributed by atoms with Gasteiger partial charge in [-0.05, 0) is 19.1 Å². The molecule has 2 heterocycles. The molecule has 0 aliphatic rings. The maximum absolute atomic E-state index is 12.0. The van der Waals surface area contributed by atoms with Crippen molar-refractivity contribution in [3.8, 4) is 0 Å². The Balaban J connectivity index is 2.35. The third-order valence-corrected chi connectivity index (χ3v) is 5.14. The van der Waals surface area contributed by atoms with Gasteiger partial charge in [0.15, 0.2) is 8.68 Å². The predicted octanol–water partition coefficient (Wildman–Crippen LogP) is 2.30. The summed E-state index contributed by atoms with van der Waals surface area (Å²) >= 11 is 6.60. The van der Waals surface area contributed by atoms with Crippen LogP contribution >= 0.6 is 22.9 Å². The number of hydrogen-bond acceptors (Lipinski definition) is 5. The molecular formula is C9H8ClN3O2S2. The average molecular weight is 290 g/mol. The van der Waals surface area contributed by atoms with E-state index in [1.165, 1.54) is 6.20 Å². The summed E-state index contributed by atoms with van der Waals surface area (Å²) in [5.41, 5.74) is 0.785. The highest BCUT2D eigenvalue weighted by atomic mass is 35.5. The van der Waals surface area contributed by atoms with Crippen LogP contribution in [0, 0.1) is 6.92 Å². The maximum Gasteiger partial charge on any atom is 0.273 e. The molecule has 0 spiro atoms. The quantitative estimate of drug-likeness (QED) is 0.941. The van der Waals surface area contributed by atoms with Crippen molar-refractivity contribution in [2.45, 2.75) is 11.1 Å². The lowest BCUT2D eigenvalue weighted by molar-refractivity contribution is 0.602. The van der Waals surface area contributed by atoms with Gasteiger partial charge in [-0.1, -0.05) is 22.9 Å². The van der Waals surface area contributed by atoms with Crippen LogP contribution in [0.25, 0.3) is 0 Å². The topological polar surface area (TPSA) is 72.0 Å². The van der Waals surface area contributed by atoms with Crippen LogP contribution in [0.2, 0.25) is 4.47 Å². The Morgan fingerprint density at radius 1 is 1.47 bits per heavy atom. The molecule has 0 aliphatic heterocycles. The van der Waals surface area contributed by atoms with Crippen molar-refractivity contribution in [3.63, 3.8) is 0 Å². The number of thiazole rings is 1. The van der Waals surface area contributed by atoms with Crippen LogP contribution in [-0.2, 0) is 10.0 Å². The van der Waals surface area contributed by atoms with Gasteiger partial charge in [0.1, 0.15) is 0 Å². The number of anilines is 1. The normalized spacial score (nSPS) is 11.4. The Labute approximate surface area is 108 Å². The van der Waals surface area contributed by atoms with Crippen LogP contribution in [0.5, 0.6) is 0 Å². The molecule has 0 unspecified atom stereocenters. The molecule has 0 fully saturated rings. The van der Waals surface area contributed by atoms with Crippen molar-refractivity contribution in [3.05, 3.63) is 34.7 Å². The zero-order chi connectivity index (χ0) is 12.5. The van der Waals surface area contributed by atoms with E-state index in [1.54, 1.807) is 25.3 Å². The van der Waals surface area contributed by atoms with Crippen molar-refractivity contribution < 1.29 is 8.42 Å². The third kappa shape index (κ3) is 2.74. The van der Waals surface area contributed by atoms with Gasteiger partial charge in [-0.2, -0.15) is 0 Å². The molecule has 8 heteroatoms. The lowest BCUT2D eigenvalue weighted by Gasteiger charge is -2.05. The van der Waals surface area contributed by atoms with Crippen molar-refractivity contribution in [1.29, 1.82) is 0 Å². The van der Waals surface area contributed by atoms with Crippen LogP contribution in [-0.4, -0.2) is 18.4 Å². The number of halogens is 1. The van der Waals surface area contributed by atoms with Gasteiger partial charge >= 0.3 is 0 Å². The summed E-state index contributed by atoms with van der Waals surface area (Å²) in [4.78, 5) is 7.69. The highest BCUT2D eigenvalue weighted by molar-refractivity contribution is 7.94. The number of nitrogens with zero attached hydrogens (tertiary/aromatic N) is 2. The van der Waals surface area contributed by atoms with E-state index in [9.17, 15) is 8.42 Å². The Bertz CT molecular complexity index is 625. The second-order valence-corrected chi connectivity index (χ2v) is 6.65. The Morgan fingerprint density at radius 3 is 2.76 bits per heavy atom. The van der Waals surface area contributed by atoms with E-state index in [0.29, 0.717) is 11.4 Å². The molecule has 1 N–H and O–H groups in total. The molecule has 0 atom stereocenters. The molecule has 17 heavy (non-hydrogen) atoms.